The van der Waals surface area contributed by atoms with Crippen molar-refractivity contribution in [2.24, 2.45) is 5.92 Å². The van der Waals surface area contributed by atoms with Gasteiger partial charge in [-0.2, -0.15) is 0 Å². The van der Waals surface area contributed by atoms with Crippen molar-refractivity contribution in [1.82, 2.24) is 5.32 Å². The van der Waals surface area contributed by atoms with Gasteiger partial charge < -0.3 is 5.32 Å². The van der Waals surface area contributed by atoms with E-state index in [4.69, 9.17) is 6.42 Å². The number of hydrogen-bond donors (Lipinski definition) is 1. The van der Waals surface area contributed by atoms with E-state index in [0.29, 0.717) is 0 Å². The number of rotatable bonds is 3. The summed E-state index contributed by atoms with van der Waals surface area (Å²) in [6.07, 6.45) is 5.08. The molecular formula is C9H13F2N. The van der Waals surface area contributed by atoms with Gasteiger partial charge in [-0.3, -0.25) is 0 Å². The molecule has 1 unspecified atom stereocenters. The average molecular weight is 173 g/mol. The molecule has 0 aromatic rings. The van der Waals surface area contributed by atoms with E-state index in [9.17, 15) is 8.78 Å². The highest BCUT2D eigenvalue weighted by atomic mass is 19.3. The molecule has 1 nitrogen and oxygen atoms in total. The topological polar surface area (TPSA) is 12.0 Å². The quantitative estimate of drug-likeness (QED) is 0.640. The van der Waals surface area contributed by atoms with Crippen LogP contribution in [0.25, 0.3) is 0 Å². The highest BCUT2D eigenvalue weighted by Gasteiger charge is 2.47. The second-order valence-corrected chi connectivity index (χ2v) is 3.23. The first kappa shape index (κ1) is 9.47. The van der Waals surface area contributed by atoms with E-state index in [1.165, 1.54) is 0 Å². The first-order valence-electron chi connectivity index (χ1n) is 4.16. The fourth-order valence-electron chi connectivity index (χ4n) is 1.52. The van der Waals surface area contributed by atoms with Crippen LogP contribution in [0.3, 0.4) is 0 Å². The molecule has 1 N–H and O–H groups in total. The van der Waals surface area contributed by atoms with Crippen LogP contribution in [-0.4, -0.2) is 18.5 Å². The summed E-state index contributed by atoms with van der Waals surface area (Å²) in [5.41, 5.74) is 0. The normalized spacial score (nSPS) is 24.2. The molecule has 12 heavy (non-hydrogen) atoms. The Morgan fingerprint density at radius 2 is 2.25 bits per heavy atom. The molecule has 1 saturated carbocycles. The molecular weight excluding hydrogens is 160 g/mol. The van der Waals surface area contributed by atoms with E-state index < -0.39 is 5.92 Å². The van der Waals surface area contributed by atoms with E-state index >= 15 is 0 Å². The minimum atomic E-state index is -2.46. The van der Waals surface area contributed by atoms with Crippen molar-refractivity contribution in [3.05, 3.63) is 0 Å². The van der Waals surface area contributed by atoms with Crippen LogP contribution in [0.1, 0.15) is 19.8 Å². The second kappa shape index (κ2) is 3.40. The van der Waals surface area contributed by atoms with E-state index in [-0.39, 0.29) is 24.8 Å². The lowest BCUT2D eigenvalue weighted by Crippen LogP contribution is -2.47. The molecule has 0 saturated heterocycles. The van der Waals surface area contributed by atoms with Crippen molar-refractivity contribution < 1.29 is 8.78 Å². The Balaban J connectivity index is 2.35. The first-order valence-corrected chi connectivity index (χ1v) is 4.16. The Labute approximate surface area is 71.5 Å². The SMILES string of the molecule is C#CC(NCC)C1CC(F)(F)C1. The molecule has 0 heterocycles. The van der Waals surface area contributed by atoms with Crippen LogP contribution in [-0.2, 0) is 0 Å². The summed E-state index contributed by atoms with van der Waals surface area (Å²) in [7, 11) is 0. The molecule has 68 valence electrons. The number of terminal acetylenes is 1. The number of nitrogens with one attached hydrogen (secondary N) is 1. The Morgan fingerprint density at radius 1 is 1.67 bits per heavy atom. The molecule has 1 atom stereocenters. The summed E-state index contributed by atoms with van der Waals surface area (Å²) < 4.78 is 24.9. The molecule has 1 rings (SSSR count). The van der Waals surface area contributed by atoms with E-state index in [1.807, 2.05) is 6.92 Å². The van der Waals surface area contributed by atoms with Gasteiger partial charge in [-0.15, -0.1) is 6.42 Å². The third-order valence-corrected chi connectivity index (χ3v) is 2.20. The lowest BCUT2D eigenvalue weighted by molar-refractivity contribution is -0.114. The summed E-state index contributed by atoms with van der Waals surface area (Å²) in [4.78, 5) is 0. The largest absolute Gasteiger partial charge is 0.304 e. The van der Waals surface area contributed by atoms with Gasteiger partial charge in [-0.05, 0) is 12.5 Å². The van der Waals surface area contributed by atoms with Gasteiger partial charge in [0.1, 0.15) is 0 Å². The highest BCUT2D eigenvalue weighted by Crippen LogP contribution is 2.43. The zero-order valence-electron chi connectivity index (χ0n) is 7.11. The zero-order chi connectivity index (χ0) is 9.19. The molecule has 0 bridgehead atoms. The van der Waals surface area contributed by atoms with Gasteiger partial charge in [0, 0.05) is 12.8 Å². The van der Waals surface area contributed by atoms with Gasteiger partial charge >= 0.3 is 0 Å². The van der Waals surface area contributed by atoms with Crippen molar-refractivity contribution in [3.63, 3.8) is 0 Å². The third-order valence-electron chi connectivity index (χ3n) is 2.20. The van der Waals surface area contributed by atoms with E-state index in [1.54, 1.807) is 0 Å². The summed E-state index contributed by atoms with van der Waals surface area (Å²) in [5.74, 6) is -0.00195. The Bertz CT molecular complexity index is 187. The molecule has 1 fully saturated rings. The summed E-state index contributed by atoms with van der Waals surface area (Å²) >= 11 is 0. The molecule has 0 aromatic heterocycles. The van der Waals surface area contributed by atoms with E-state index in [2.05, 4.69) is 11.2 Å². The average Bonchev–Trinajstić information content (AvgIpc) is 1.95. The van der Waals surface area contributed by atoms with Crippen LogP contribution in [0, 0.1) is 18.3 Å². The standard InChI is InChI=1S/C9H13F2N/c1-3-8(12-4-2)7-5-9(10,11)6-7/h1,7-8,12H,4-6H2,2H3. The lowest BCUT2D eigenvalue weighted by Gasteiger charge is -2.38. The predicted octanol–water partition coefficient (Wildman–Crippen LogP) is 1.64. The minimum Gasteiger partial charge on any atom is -0.304 e. The van der Waals surface area contributed by atoms with Crippen LogP contribution >= 0.6 is 0 Å². The third kappa shape index (κ3) is 1.95. The van der Waals surface area contributed by atoms with Gasteiger partial charge in [-0.1, -0.05) is 12.8 Å². The molecule has 3 heteroatoms. The molecule has 0 aliphatic heterocycles. The van der Waals surface area contributed by atoms with Crippen LogP contribution in [0.4, 0.5) is 8.78 Å². The van der Waals surface area contributed by atoms with Crippen molar-refractivity contribution in [2.45, 2.75) is 31.7 Å². The fraction of sp³-hybridized carbons (Fsp3) is 0.778. The molecule has 0 radical (unpaired) electrons. The van der Waals surface area contributed by atoms with Crippen molar-refractivity contribution in [1.29, 1.82) is 0 Å². The van der Waals surface area contributed by atoms with Gasteiger partial charge in [0.05, 0.1) is 6.04 Å². The number of halogens is 2. The summed E-state index contributed by atoms with van der Waals surface area (Å²) in [6.45, 7) is 2.65. The van der Waals surface area contributed by atoms with Crippen LogP contribution in [0.15, 0.2) is 0 Å². The number of hydrogen-bond acceptors (Lipinski definition) is 1. The smallest absolute Gasteiger partial charge is 0.248 e. The molecule has 0 aromatic carbocycles. The van der Waals surface area contributed by atoms with Gasteiger partial charge in [0.15, 0.2) is 0 Å². The Kier molecular flexibility index (Phi) is 2.69. The van der Waals surface area contributed by atoms with Crippen LogP contribution < -0.4 is 5.32 Å². The van der Waals surface area contributed by atoms with Crippen LogP contribution in [0.2, 0.25) is 0 Å². The highest BCUT2D eigenvalue weighted by molar-refractivity contribution is 5.07. The van der Waals surface area contributed by atoms with Gasteiger partial charge in [0.2, 0.25) is 5.92 Å². The summed E-state index contributed by atoms with van der Waals surface area (Å²) in [6, 6.07) is -0.172. The van der Waals surface area contributed by atoms with Crippen molar-refractivity contribution >= 4 is 0 Å². The Morgan fingerprint density at radius 3 is 2.58 bits per heavy atom. The van der Waals surface area contributed by atoms with Crippen molar-refractivity contribution in [3.8, 4) is 12.3 Å². The van der Waals surface area contributed by atoms with E-state index in [0.717, 1.165) is 6.54 Å². The summed E-state index contributed by atoms with van der Waals surface area (Å²) in [5, 5.41) is 3.00. The Hall–Kier alpha value is -0.620. The number of alkyl halides is 2. The predicted molar refractivity (Wildman–Crippen MR) is 44.0 cm³/mol. The molecule has 0 spiro atoms. The maximum absolute atomic E-state index is 12.4. The first-order chi connectivity index (χ1) is 5.59. The minimum absolute atomic E-state index is 0.0371. The lowest BCUT2D eigenvalue weighted by atomic mass is 9.76. The second-order valence-electron chi connectivity index (χ2n) is 3.23. The monoisotopic (exact) mass is 173 g/mol. The zero-order valence-corrected chi connectivity index (χ0v) is 7.11. The molecule has 0 amide bonds. The van der Waals surface area contributed by atoms with Gasteiger partial charge in [-0.25, -0.2) is 8.78 Å². The van der Waals surface area contributed by atoms with Gasteiger partial charge in [0.25, 0.3) is 0 Å². The maximum Gasteiger partial charge on any atom is 0.248 e. The fourth-order valence-corrected chi connectivity index (χ4v) is 1.52. The maximum atomic E-state index is 12.4. The van der Waals surface area contributed by atoms with Crippen molar-refractivity contribution in [2.75, 3.05) is 6.54 Å². The molecule has 1 aliphatic carbocycles. The van der Waals surface area contributed by atoms with Crippen LogP contribution in [0.5, 0.6) is 0 Å². The molecule has 1 aliphatic rings.